The number of aryl methyl sites for hydroxylation is 4. The molecule has 0 radical (unpaired) electrons. The molecule has 0 spiro atoms. The number of nitrogens with zero attached hydrogens (tertiary/aromatic N) is 2. The molecule has 0 amide bonds. The van der Waals surface area contributed by atoms with Gasteiger partial charge in [-0.3, -0.25) is 0 Å². The SMILES string of the molecule is Cc1ccc(-c2c3ccc(N4CCCCC4)cc3c(-c3ccc(C)cc3C)c3ccc(N4CCCCC4)cc23)c(C)c1. The summed E-state index contributed by atoms with van der Waals surface area (Å²) >= 11 is 0. The average molecular weight is 553 g/mol. The minimum atomic E-state index is 1.15. The zero-order chi connectivity index (χ0) is 28.8. The molecule has 5 aromatic carbocycles. The van der Waals surface area contributed by atoms with E-state index in [-0.39, 0.29) is 0 Å². The van der Waals surface area contributed by atoms with Crippen LogP contribution in [0.5, 0.6) is 0 Å². The Hall–Kier alpha value is -3.78. The van der Waals surface area contributed by atoms with E-state index < -0.39 is 0 Å². The monoisotopic (exact) mass is 552 g/mol. The van der Waals surface area contributed by atoms with Crippen molar-refractivity contribution in [3.05, 3.63) is 95.1 Å². The largest absolute Gasteiger partial charge is 0.372 e. The highest BCUT2D eigenvalue weighted by Crippen LogP contribution is 2.47. The minimum Gasteiger partial charge on any atom is -0.372 e. The van der Waals surface area contributed by atoms with Crippen molar-refractivity contribution < 1.29 is 0 Å². The molecule has 2 nitrogen and oxygen atoms in total. The maximum Gasteiger partial charge on any atom is 0.0372 e. The summed E-state index contributed by atoms with van der Waals surface area (Å²) in [4.78, 5) is 5.21. The summed E-state index contributed by atoms with van der Waals surface area (Å²) in [5.41, 5.74) is 13.5. The molecule has 2 aliphatic heterocycles. The second kappa shape index (κ2) is 11.1. The Morgan fingerprint density at radius 2 is 0.810 bits per heavy atom. The lowest BCUT2D eigenvalue weighted by Crippen LogP contribution is -2.29. The van der Waals surface area contributed by atoms with Crippen LogP contribution in [0, 0.1) is 27.7 Å². The Bertz CT molecular complexity index is 1650. The quantitative estimate of drug-likeness (QED) is 0.205. The highest BCUT2D eigenvalue weighted by atomic mass is 15.1. The molecule has 0 bridgehead atoms. The molecule has 2 heteroatoms. The van der Waals surface area contributed by atoms with Gasteiger partial charge in [-0.25, -0.2) is 0 Å². The van der Waals surface area contributed by atoms with Gasteiger partial charge in [0.15, 0.2) is 0 Å². The van der Waals surface area contributed by atoms with Crippen molar-refractivity contribution in [3.63, 3.8) is 0 Å². The van der Waals surface area contributed by atoms with Crippen molar-refractivity contribution in [1.29, 1.82) is 0 Å². The number of piperidine rings is 2. The van der Waals surface area contributed by atoms with Crippen molar-refractivity contribution in [2.75, 3.05) is 36.0 Å². The van der Waals surface area contributed by atoms with E-state index in [1.165, 1.54) is 116 Å². The molecule has 7 rings (SSSR count). The van der Waals surface area contributed by atoms with E-state index in [4.69, 9.17) is 0 Å². The van der Waals surface area contributed by atoms with Gasteiger partial charge in [-0.05, 0) is 145 Å². The zero-order valence-corrected chi connectivity index (χ0v) is 25.9. The lowest BCUT2D eigenvalue weighted by Gasteiger charge is -2.31. The average Bonchev–Trinajstić information content (AvgIpc) is 3.01. The van der Waals surface area contributed by atoms with Crippen LogP contribution in [0.1, 0.15) is 60.8 Å². The fourth-order valence-electron chi connectivity index (χ4n) is 7.67. The first-order chi connectivity index (χ1) is 20.5. The third-order valence-electron chi connectivity index (χ3n) is 9.83. The summed E-state index contributed by atoms with van der Waals surface area (Å²) in [7, 11) is 0. The van der Waals surface area contributed by atoms with Crippen molar-refractivity contribution >= 4 is 32.9 Å². The van der Waals surface area contributed by atoms with Crippen LogP contribution >= 0.6 is 0 Å². The van der Waals surface area contributed by atoms with Gasteiger partial charge in [0.05, 0.1) is 0 Å². The molecule has 0 saturated carbocycles. The fraction of sp³-hybridized carbons (Fsp3) is 0.350. The third-order valence-corrected chi connectivity index (χ3v) is 9.83. The summed E-state index contributed by atoms with van der Waals surface area (Å²) in [5.74, 6) is 0. The van der Waals surface area contributed by atoms with Crippen LogP contribution in [0.2, 0.25) is 0 Å². The van der Waals surface area contributed by atoms with Gasteiger partial charge in [0.2, 0.25) is 0 Å². The third kappa shape index (κ3) is 4.85. The van der Waals surface area contributed by atoms with Crippen molar-refractivity contribution in [2.24, 2.45) is 0 Å². The molecular weight excluding hydrogens is 508 g/mol. The van der Waals surface area contributed by atoms with E-state index in [2.05, 4.69) is 110 Å². The second-order valence-corrected chi connectivity index (χ2v) is 12.9. The van der Waals surface area contributed by atoms with Gasteiger partial charge in [-0.15, -0.1) is 0 Å². The van der Waals surface area contributed by atoms with E-state index >= 15 is 0 Å². The van der Waals surface area contributed by atoms with Gasteiger partial charge in [-0.1, -0.05) is 59.7 Å². The summed E-state index contributed by atoms with van der Waals surface area (Å²) in [6.45, 7) is 13.6. The van der Waals surface area contributed by atoms with Crippen LogP contribution in [0.4, 0.5) is 11.4 Å². The van der Waals surface area contributed by atoms with Gasteiger partial charge in [0.25, 0.3) is 0 Å². The van der Waals surface area contributed by atoms with Crippen LogP contribution < -0.4 is 9.80 Å². The maximum absolute atomic E-state index is 2.61. The number of rotatable bonds is 4. The Balaban J connectivity index is 1.59. The van der Waals surface area contributed by atoms with E-state index in [0.29, 0.717) is 0 Å². The first-order valence-electron chi connectivity index (χ1n) is 16.2. The Morgan fingerprint density at radius 3 is 1.19 bits per heavy atom. The van der Waals surface area contributed by atoms with E-state index in [1.54, 1.807) is 0 Å². The molecule has 5 aromatic rings. The van der Waals surface area contributed by atoms with Crippen molar-refractivity contribution in [2.45, 2.75) is 66.2 Å². The normalized spacial score (nSPS) is 16.0. The van der Waals surface area contributed by atoms with E-state index in [1.807, 2.05) is 0 Å². The molecule has 0 aliphatic carbocycles. The van der Waals surface area contributed by atoms with Gasteiger partial charge >= 0.3 is 0 Å². The fourth-order valence-corrected chi connectivity index (χ4v) is 7.67. The number of anilines is 2. The zero-order valence-electron chi connectivity index (χ0n) is 25.9. The summed E-state index contributed by atoms with van der Waals surface area (Å²) in [5, 5.41) is 5.47. The van der Waals surface area contributed by atoms with Gasteiger partial charge < -0.3 is 9.80 Å². The molecule has 214 valence electrons. The van der Waals surface area contributed by atoms with Crippen LogP contribution in [0.3, 0.4) is 0 Å². The molecule has 2 aliphatic rings. The van der Waals surface area contributed by atoms with Crippen LogP contribution in [0.15, 0.2) is 72.8 Å². The topological polar surface area (TPSA) is 6.48 Å². The smallest absolute Gasteiger partial charge is 0.0372 e. The summed E-state index contributed by atoms with van der Waals surface area (Å²) < 4.78 is 0. The van der Waals surface area contributed by atoms with Gasteiger partial charge in [0.1, 0.15) is 0 Å². The summed E-state index contributed by atoms with van der Waals surface area (Å²) in [6, 6.07) is 28.7. The van der Waals surface area contributed by atoms with E-state index in [9.17, 15) is 0 Å². The lowest BCUT2D eigenvalue weighted by atomic mass is 9.83. The molecule has 2 heterocycles. The first-order valence-corrected chi connectivity index (χ1v) is 16.2. The van der Waals surface area contributed by atoms with Crippen LogP contribution in [-0.2, 0) is 0 Å². The predicted octanol–water partition coefficient (Wildman–Crippen LogP) is 10.5. The number of benzene rings is 5. The first kappa shape index (κ1) is 27.1. The highest BCUT2D eigenvalue weighted by molar-refractivity contribution is 6.22. The van der Waals surface area contributed by atoms with Gasteiger partial charge in [-0.2, -0.15) is 0 Å². The molecule has 42 heavy (non-hydrogen) atoms. The predicted molar refractivity (Wildman–Crippen MR) is 183 cm³/mol. The second-order valence-electron chi connectivity index (χ2n) is 12.9. The van der Waals surface area contributed by atoms with E-state index in [0.717, 1.165) is 26.2 Å². The van der Waals surface area contributed by atoms with Crippen LogP contribution in [-0.4, -0.2) is 26.2 Å². The van der Waals surface area contributed by atoms with Crippen molar-refractivity contribution in [1.82, 2.24) is 0 Å². The number of hydrogen-bond donors (Lipinski definition) is 0. The Kier molecular flexibility index (Phi) is 7.18. The van der Waals surface area contributed by atoms with Crippen molar-refractivity contribution in [3.8, 4) is 22.3 Å². The maximum atomic E-state index is 2.61. The minimum absolute atomic E-state index is 1.15. The molecule has 0 atom stereocenters. The lowest BCUT2D eigenvalue weighted by molar-refractivity contribution is 0.578. The molecule has 0 unspecified atom stereocenters. The number of hydrogen-bond acceptors (Lipinski definition) is 2. The molecule has 2 fully saturated rings. The number of fused-ring (bicyclic) bond motifs is 2. The summed E-state index contributed by atoms with van der Waals surface area (Å²) in [6.07, 6.45) is 7.83. The van der Waals surface area contributed by atoms with Gasteiger partial charge in [0, 0.05) is 37.6 Å². The molecule has 2 saturated heterocycles. The molecule has 0 N–H and O–H groups in total. The Labute approximate surface area is 252 Å². The molecule has 0 aromatic heterocycles. The highest BCUT2D eigenvalue weighted by Gasteiger charge is 2.22. The Morgan fingerprint density at radius 1 is 0.405 bits per heavy atom. The van der Waals surface area contributed by atoms with Crippen LogP contribution in [0.25, 0.3) is 43.8 Å². The standard InChI is InChI=1S/C40H44N2/c1-27-11-15-33(29(3)23-27)39-35-17-13-32(42-21-9-6-10-22-42)26-38(35)40(34-16-12-28(2)24-30(34)4)36-18-14-31(25-37(36)39)41-19-7-5-8-20-41/h11-18,23-26H,5-10,19-22H2,1-4H3. The molecular formula is C40H44N2.